The second kappa shape index (κ2) is 11.7. The first-order chi connectivity index (χ1) is 24.0. The van der Waals surface area contributed by atoms with Gasteiger partial charge in [0.15, 0.2) is 0 Å². The van der Waals surface area contributed by atoms with Crippen LogP contribution in [0.5, 0.6) is 0 Å². The first kappa shape index (κ1) is 29.2. The Labute approximate surface area is 289 Å². The average molecular weight is 651 g/mol. The first-order valence-corrected chi connectivity index (χ1v) is 17.4. The number of pyridine rings is 1. The monoisotopic (exact) mass is 650 g/mol. The van der Waals surface area contributed by atoms with Crippen molar-refractivity contribution in [3.05, 3.63) is 156 Å². The van der Waals surface area contributed by atoms with Gasteiger partial charge in [0.05, 0.1) is 28.1 Å². The summed E-state index contributed by atoms with van der Waals surface area (Å²) < 4.78 is 5.03. The van der Waals surface area contributed by atoms with Crippen molar-refractivity contribution >= 4 is 76.1 Å². The van der Waals surface area contributed by atoms with Gasteiger partial charge in [-0.3, -0.25) is 4.98 Å². The number of para-hydroxylation sites is 2. The lowest BCUT2D eigenvalue weighted by atomic mass is 10.0. The highest BCUT2D eigenvalue weighted by Gasteiger charge is 2.19. The molecule has 236 valence electrons. The van der Waals surface area contributed by atoms with E-state index in [0.29, 0.717) is 0 Å². The number of anilines is 4. The molecule has 0 radical (unpaired) electrons. The quantitative estimate of drug-likeness (QED) is 0.188. The van der Waals surface area contributed by atoms with Gasteiger partial charge >= 0.3 is 0 Å². The third-order valence-electron chi connectivity index (χ3n) is 9.48. The lowest BCUT2D eigenvalue weighted by Gasteiger charge is -2.18. The van der Waals surface area contributed by atoms with E-state index in [1.54, 1.807) is 0 Å². The summed E-state index contributed by atoms with van der Waals surface area (Å²) in [6.07, 6.45) is 1.86. The smallest absolute Gasteiger partial charge is 0.0702 e. The highest BCUT2D eigenvalue weighted by atomic mass is 32.1. The summed E-state index contributed by atoms with van der Waals surface area (Å²) in [5.74, 6) is 0. The minimum atomic E-state index is 0.964. The van der Waals surface area contributed by atoms with Gasteiger partial charge in [0.25, 0.3) is 0 Å². The van der Waals surface area contributed by atoms with E-state index < -0.39 is 0 Å². The zero-order chi connectivity index (χ0) is 33.1. The van der Waals surface area contributed by atoms with Gasteiger partial charge in [0, 0.05) is 59.8 Å². The van der Waals surface area contributed by atoms with Crippen LogP contribution in [-0.2, 0) is 0 Å². The van der Waals surface area contributed by atoms with E-state index in [1.807, 2.05) is 29.7 Å². The molecule has 2 N–H and O–H groups in total. The number of hydrogen-bond acceptors (Lipinski definition) is 4. The number of aromatic nitrogens is 2. The van der Waals surface area contributed by atoms with Crippen LogP contribution in [0.1, 0.15) is 16.7 Å². The maximum atomic E-state index is 4.69. The van der Waals surface area contributed by atoms with Crippen molar-refractivity contribution in [1.82, 2.24) is 9.55 Å². The molecule has 3 aromatic heterocycles. The molecular formula is C44H34N4S. The number of fused-ring (bicyclic) bond motifs is 7. The van der Waals surface area contributed by atoms with Gasteiger partial charge in [-0.25, -0.2) is 0 Å². The Morgan fingerprint density at radius 2 is 1.35 bits per heavy atom. The molecule has 3 heterocycles. The van der Waals surface area contributed by atoms with Gasteiger partial charge in [-0.1, -0.05) is 72.3 Å². The average Bonchev–Trinajstić information content (AvgIpc) is 3.66. The maximum Gasteiger partial charge on any atom is 0.0702 e. The largest absolute Gasteiger partial charge is 0.354 e. The highest BCUT2D eigenvalue weighted by molar-refractivity contribution is 7.26. The van der Waals surface area contributed by atoms with Crippen LogP contribution >= 0.6 is 11.3 Å². The van der Waals surface area contributed by atoms with Crippen molar-refractivity contribution in [3.63, 3.8) is 0 Å². The minimum Gasteiger partial charge on any atom is -0.354 e. The van der Waals surface area contributed by atoms with Crippen molar-refractivity contribution in [3.8, 4) is 16.9 Å². The number of rotatable bonds is 6. The van der Waals surface area contributed by atoms with Crippen molar-refractivity contribution in [2.45, 2.75) is 20.8 Å². The molecule has 0 saturated carbocycles. The second-order valence-corrected chi connectivity index (χ2v) is 13.9. The van der Waals surface area contributed by atoms with Crippen molar-refractivity contribution in [1.29, 1.82) is 0 Å². The third-order valence-corrected chi connectivity index (χ3v) is 10.6. The summed E-state index contributed by atoms with van der Waals surface area (Å²) in [5, 5.41) is 12.6. The molecule has 49 heavy (non-hydrogen) atoms. The molecule has 0 aliphatic heterocycles. The lowest BCUT2D eigenvalue weighted by Crippen LogP contribution is -2.01. The minimum absolute atomic E-state index is 0.964. The molecule has 0 fully saturated rings. The predicted molar refractivity (Wildman–Crippen MR) is 211 cm³/mol. The van der Waals surface area contributed by atoms with Crippen LogP contribution in [0, 0.1) is 20.8 Å². The fourth-order valence-electron chi connectivity index (χ4n) is 7.38. The molecule has 0 spiro atoms. The third kappa shape index (κ3) is 5.02. The van der Waals surface area contributed by atoms with Crippen LogP contribution in [0.4, 0.5) is 22.7 Å². The highest BCUT2D eigenvalue weighted by Crippen LogP contribution is 2.44. The number of hydrogen-bond donors (Lipinski definition) is 2. The van der Waals surface area contributed by atoms with Crippen molar-refractivity contribution in [2.75, 3.05) is 10.6 Å². The number of nitrogens with zero attached hydrogens (tertiary/aromatic N) is 2. The number of nitrogens with one attached hydrogen (secondary N) is 2. The molecule has 9 rings (SSSR count). The van der Waals surface area contributed by atoms with Crippen molar-refractivity contribution in [2.24, 2.45) is 0 Å². The molecule has 0 saturated heterocycles. The van der Waals surface area contributed by atoms with Crippen molar-refractivity contribution < 1.29 is 0 Å². The van der Waals surface area contributed by atoms with Crippen LogP contribution in [0.25, 0.3) is 58.9 Å². The van der Waals surface area contributed by atoms with Crippen LogP contribution in [-0.4, -0.2) is 9.55 Å². The number of aryl methyl sites for hydroxylation is 3. The van der Waals surface area contributed by atoms with Crippen LogP contribution in [0.3, 0.4) is 0 Å². The summed E-state index contributed by atoms with van der Waals surface area (Å²) in [6, 6.07) is 47.8. The lowest BCUT2D eigenvalue weighted by molar-refractivity contribution is 1.18. The van der Waals surface area contributed by atoms with Gasteiger partial charge in [-0.2, -0.15) is 0 Å². The molecule has 0 bridgehead atoms. The van der Waals surface area contributed by atoms with E-state index in [-0.39, 0.29) is 0 Å². The summed E-state index contributed by atoms with van der Waals surface area (Å²) in [5.41, 5.74) is 13.5. The van der Waals surface area contributed by atoms with E-state index >= 15 is 0 Å². The normalized spacial score (nSPS) is 11.6. The molecule has 5 heteroatoms. The van der Waals surface area contributed by atoms with Crippen LogP contribution in [0.2, 0.25) is 0 Å². The van der Waals surface area contributed by atoms with Crippen LogP contribution in [0.15, 0.2) is 140 Å². The molecule has 6 aromatic carbocycles. The molecule has 9 aromatic rings. The molecule has 0 unspecified atom stereocenters. The Balaban J connectivity index is 1.21. The molecule has 0 atom stereocenters. The van der Waals surface area contributed by atoms with Gasteiger partial charge < -0.3 is 15.2 Å². The Kier molecular flexibility index (Phi) is 6.96. The SMILES string of the molecule is Cc1cc(C)c(Nc2ccccc2Nc2cccc(-n3c4cc(-c5ccccn5)ccc4c4c5c(ccc43)sc3ccccc35)c2)c(C)c1. The van der Waals surface area contributed by atoms with Gasteiger partial charge in [-0.15, -0.1) is 11.3 Å². The summed E-state index contributed by atoms with van der Waals surface area (Å²) in [7, 11) is 0. The van der Waals surface area contributed by atoms with E-state index in [0.717, 1.165) is 45.2 Å². The Hall–Kier alpha value is -5.91. The Morgan fingerprint density at radius 1 is 0.571 bits per heavy atom. The molecule has 0 aliphatic rings. The van der Waals surface area contributed by atoms with E-state index in [9.17, 15) is 0 Å². The fraction of sp³-hybridized carbons (Fsp3) is 0.0682. The molecule has 0 amide bonds. The van der Waals surface area contributed by atoms with Crippen LogP contribution < -0.4 is 10.6 Å². The summed E-state index contributed by atoms with van der Waals surface area (Å²) in [4.78, 5) is 4.69. The standard InChI is InChI=1S/C44H34N4S/c1-27-23-28(2)44(29(3)24-27)47-37-16-6-5-15-36(37)46-31-11-10-12-32(26-31)48-38-20-21-41-43(34-13-4-7-17-40(34)49-41)42(38)33-19-18-30(25-39(33)48)35-14-8-9-22-45-35/h4-26,46-47H,1-3H3. The topological polar surface area (TPSA) is 41.9 Å². The van der Waals surface area contributed by atoms with E-state index in [2.05, 4.69) is 162 Å². The van der Waals surface area contributed by atoms with E-state index in [1.165, 1.54) is 53.2 Å². The zero-order valence-corrected chi connectivity index (χ0v) is 28.4. The summed E-state index contributed by atoms with van der Waals surface area (Å²) in [6.45, 7) is 6.48. The Morgan fingerprint density at radius 3 is 2.16 bits per heavy atom. The van der Waals surface area contributed by atoms with Gasteiger partial charge in [0.1, 0.15) is 0 Å². The second-order valence-electron chi connectivity index (χ2n) is 12.8. The fourth-order valence-corrected chi connectivity index (χ4v) is 8.50. The number of benzene rings is 6. The molecule has 0 aliphatic carbocycles. The Bertz CT molecular complexity index is 2680. The summed E-state index contributed by atoms with van der Waals surface area (Å²) >= 11 is 1.86. The van der Waals surface area contributed by atoms with Gasteiger partial charge in [0.2, 0.25) is 0 Å². The predicted octanol–water partition coefficient (Wildman–Crippen LogP) is 12.6. The van der Waals surface area contributed by atoms with Gasteiger partial charge in [-0.05, 0) is 98.6 Å². The molecular weight excluding hydrogens is 617 g/mol. The molecule has 4 nitrogen and oxygen atoms in total. The first-order valence-electron chi connectivity index (χ1n) is 16.6. The zero-order valence-electron chi connectivity index (χ0n) is 27.6. The number of thiophene rings is 1. The maximum absolute atomic E-state index is 4.69. The van der Waals surface area contributed by atoms with E-state index in [4.69, 9.17) is 0 Å².